The molecule has 1 aliphatic carbocycles. The minimum Gasteiger partial charge on any atom is -0.481 e. The molecule has 138 valence electrons. The number of hydrogen-bond donors (Lipinski definition) is 1. The lowest BCUT2D eigenvalue weighted by atomic mass is 9.81. The molecule has 0 aromatic heterocycles. The summed E-state index contributed by atoms with van der Waals surface area (Å²) in [5, 5.41) is 20.7. The van der Waals surface area contributed by atoms with Gasteiger partial charge in [0.15, 0.2) is 0 Å². The van der Waals surface area contributed by atoms with E-state index in [0.29, 0.717) is 38.2 Å². The van der Waals surface area contributed by atoms with E-state index in [2.05, 4.69) is 0 Å². The molecule has 2 saturated heterocycles. The molecule has 3 fully saturated rings. The third-order valence-electron chi connectivity index (χ3n) is 6.29. The quantitative estimate of drug-likeness (QED) is 0.650. The number of carboxylic acids is 1. The predicted molar refractivity (Wildman–Crippen MR) is 92.8 cm³/mol. The summed E-state index contributed by atoms with van der Waals surface area (Å²) in [4.78, 5) is 38.9. The molecule has 8 nitrogen and oxygen atoms in total. The van der Waals surface area contributed by atoms with Gasteiger partial charge in [-0.2, -0.15) is 0 Å². The molecule has 1 saturated carbocycles. The first-order valence-corrected chi connectivity index (χ1v) is 8.96. The molecule has 1 amide bonds. The average molecular weight is 359 g/mol. The second-order valence-electron chi connectivity index (χ2n) is 7.55. The van der Waals surface area contributed by atoms with Crippen molar-refractivity contribution in [3.63, 3.8) is 0 Å². The summed E-state index contributed by atoms with van der Waals surface area (Å²) in [6.07, 6.45) is 3.13. The topological polar surface area (TPSA) is 104 Å². The number of carbonyl (C=O) groups excluding carboxylic acids is 1. The Morgan fingerprint density at radius 2 is 2.15 bits per heavy atom. The maximum absolute atomic E-state index is 12.9. The van der Waals surface area contributed by atoms with E-state index in [9.17, 15) is 24.8 Å². The molecule has 1 unspecified atom stereocenters. The highest BCUT2D eigenvalue weighted by atomic mass is 16.6. The molecule has 1 aromatic carbocycles. The van der Waals surface area contributed by atoms with Crippen molar-refractivity contribution in [3.8, 4) is 0 Å². The summed E-state index contributed by atoms with van der Waals surface area (Å²) < 4.78 is 0. The number of benzene rings is 1. The van der Waals surface area contributed by atoms with Gasteiger partial charge in [-0.05, 0) is 31.2 Å². The Labute approximate surface area is 150 Å². The third kappa shape index (κ3) is 2.47. The SMILES string of the molecule is O=C1C(N2C[C@@H]3CCC[C@@]3(C(=O)O)C2)CCN1c1cccc([N+](=O)[O-])c1. The standard InChI is InChI=1S/C18H21N3O5/c22-16-15(19-10-12-3-2-7-18(12,11-19)17(23)24)6-8-20(16)13-4-1-5-14(9-13)21(25)26/h1,4-5,9,12,15H,2-3,6-8,10-11H2,(H,23,24)/t12-,15?,18+/m0/s1. The van der Waals surface area contributed by atoms with Crippen molar-refractivity contribution < 1.29 is 19.6 Å². The number of likely N-dealkylation sites (tertiary alicyclic amines) is 1. The number of non-ortho nitro benzene ring substituents is 1. The van der Waals surface area contributed by atoms with Crippen molar-refractivity contribution >= 4 is 23.3 Å². The minimum atomic E-state index is -0.747. The van der Waals surface area contributed by atoms with Gasteiger partial charge >= 0.3 is 5.97 Å². The van der Waals surface area contributed by atoms with Crippen LogP contribution in [0.25, 0.3) is 0 Å². The van der Waals surface area contributed by atoms with Crippen LogP contribution in [0.5, 0.6) is 0 Å². The van der Waals surface area contributed by atoms with Gasteiger partial charge in [0.2, 0.25) is 5.91 Å². The van der Waals surface area contributed by atoms with E-state index < -0.39 is 16.3 Å². The Bertz CT molecular complexity index is 782. The molecule has 1 aromatic rings. The molecule has 0 spiro atoms. The number of amides is 1. The number of nitro groups is 1. The zero-order valence-corrected chi connectivity index (χ0v) is 14.3. The van der Waals surface area contributed by atoms with Crippen LogP contribution >= 0.6 is 0 Å². The molecule has 0 radical (unpaired) electrons. The molecule has 2 aliphatic heterocycles. The average Bonchev–Trinajstić information content (AvgIpc) is 3.26. The number of aliphatic carboxylic acids is 1. The zero-order chi connectivity index (χ0) is 18.5. The van der Waals surface area contributed by atoms with Crippen molar-refractivity contribution in [2.24, 2.45) is 11.3 Å². The van der Waals surface area contributed by atoms with Gasteiger partial charge in [0, 0.05) is 31.8 Å². The minimum absolute atomic E-state index is 0.0423. The molecule has 26 heavy (non-hydrogen) atoms. The predicted octanol–water partition coefficient (Wildman–Crippen LogP) is 1.89. The number of anilines is 1. The fourth-order valence-corrected chi connectivity index (χ4v) is 4.95. The molecule has 3 aliphatic rings. The second kappa shape index (κ2) is 6.05. The van der Waals surface area contributed by atoms with E-state index >= 15 is 0 Å². The summed E-state index contributed by atoms with van der Waals surface area (Å²) in [7, 11) is 0. The normalized spacial score (nSPS) is 31.4. The van der Waals surface area contributed by atoms with E-state index in [1.807, 2.05) is 4.90 Å². The summed E-state index contributed by atoms with van der Waals surface area (Å²) in [5.41, 5.74) is -0.225. The summed E-state index contributed by atoms with van der Waals surface area (Å²) in [6.45, 7) is 1.56. The van der Waals surface area contributed by atoms with Gasteiger partial charge in [-0.1, -0.05) is 12.5 Å². The largest absolute Gasteiger partial charge is 0.481 e. The number of rotatable bonds is 4. The number of nitro benzene ring substituents is 1. The lowest BCUT2D eigenvalue weighted by Gasteiger charge is -2.26. The van der Waals surface area contributed by atoms with Gasteiger partial charge in [0.1, 0.15) is 0 Å². The Kier molecular flexibility index (Phi) is 3.95. The summed E-state index contributed by atoms with van der Waals surface area (Å²) >= 11 is 0. The van der Waals surface area contributed by atoms with E-state index in [4.69, 9.17) is 0 Å². The lowest BCUT2D eigenvalue weighted by molar-refractivity contribution is -0.384. The zero-order valence-electron chi connectivity index (χ0n) is 14.3. The number of carboxylic acid groups (broad SMARTS) is 1. The highest BCUT2D eigenvalue weighted by molar-refractivity contribution is 5.99. The molecular weight excluding hydrogens is 338 g/mol. The van der Waals surface area contributed by atoms with Gasteiger partial charge in [-0.3, -0.25) is 24.6 Å². The van der Waals surface area contributed by atoms with Crippen LogP contribution in [0.2, 0.25) is 0 Å². The third-order valence-corrected chi connectivity index (χ3v) is 6.29. The Hall–Kier alpha value is -2.48. The highest BCUT2D eigenvalue weighted by Gasteiger charge is 2.57. The summed E-state index contributed by atoms with van der Waals surface area (Å²) in [5.74, 6) is -0.728. The van der Waals surface area contributed by atoms with Crippen molar-refractivity contribution in [1.29, 1.82) is 0 Å². The second-order valence-corrected chi connectivity index (χ2v) is 7.55. The number of carbonyl (C=O) groups is 2. The molecule has 4 rings (SSSR count). The summed E-state index contributed by atoms with van der Waals surface area (Å²) in [6, 6.07) is 5.76. The van der Waals surface area contributed by atoms with Crippen molar-refractivity contribution in [2.75, 3.05) is 24.5 Å². The van der Waals surface area contributed by atoms with E-state index in [1.165, 1.54) is 12.1 Å². The molecule has 3 atom stereocenters. The molecule has 0 bridgehead atoms. The van der Waals surface area contributed by atoms with Crippen LogP contribution in [-0.4, -0.2) is 52.5 Å². The molecular formula is C18H21N3O5. The van der Waals surface area contributed by atoms with Crippen LogP contribution in [0, 0.1) is 21.4 Å². The van der Waals surface area contributed by atoms with Crippen LogP contribution in [0.1, 0.15) is 25.7 Å². The van der Waals surface area contributed by atoms with Crippen LogP contribution in [0.4, 0.5) is 11.4 Å². The van der Waals surface area contributed by atoms with E-state index in [0.717, 1.165) is 12.8 Å². The highest BCUT2D eigenvalue weighted by Crippen LogP contribution is 2.50. The van der Waals surface area contributed by atoms with Gasteiger partial charge in [0.25, 0.3) is 5.69 Å². The smallest absolute Gasteiger partial charge is 0.311 e. The molecule has 1 N–H and O–H groups in total. The van der Waals surface area contributed by atoms with Gasteiger partial charge in [-0.25, -0.2) is 0 Å². The van der Waals surface area contributed by atoms with Crippen LogP contribution in [0.15, 0.2) is 24.3 Å². The molecule has 8 heteroatoms. The maximum atomic E-state index is 12.9. The Morgan fingerprint density at radius 3 is 2.85 bits per heavy atom. The molecule has 2 heterocycles. The lowest BCUT2D eigenvalue weighted by Crippen LogP contribution is -2.43. The fourth-order valence-electron chi connectivity index (χ4n) is 4.95. The number of hydrogen-bond acceptors (Lipinski definition) is 5. The van der Waals surface area contributed by atoms with Gasteiger partial charge < -0.3 is 10.0 Å². The fraction of sp³-hybridized carbons (Fsp3) is 0.556. The van der Waals surface area contributed by atoms with E-state index in [1.54, 1.807) is 17.0 Å². The first-order valence-electron chi connectivity index (χ1n) is 8.96. The van der Waals surface area contributed by atoms with E-state index in [-0.39, 0.29) is 23.6 Å². The first-order chi connectivity index (χ1) is 12.4. The number of nitrogens with zero attached hydrogens (tertiary/aromatic N) is 3. The van der Waals surface area contributed by atoms with Crippen molar-refractivity contribution in [1.82, 2.24) is 4.90 Å². The Morgan fingerprint density at radius 1 is 1.35 bits per heavy atom. The van der Waals surface area contributed by atoms with Crippen molar-refractivity contribution in [3.05, 3.63) is 34.4 Å². The van der Waals surface area contributed by atoms with Crippen LogP contribution < -0.4 is 4.90 Å². The van der Waals surface area contributed by atoms with Crippen LogP contribution in [0.3, 0.4) is 0 Å². The first kappa shape index (κ1) is 17.0. The maximum Gasteiger partial charge on any atom is 0.311 e. The van der Waals surface area contributed by atoms with Gasteiger partial charge in [-0.15, -0.1) is 0 Å². The van der Waals surface area contributed by atoms with Gasteiger partial charge in [0.05, 0.1) is 22.1 Å². The Balaban J connectivity index is 1.53. The number of fused-ring (bicyclic) bond motifs is 1. The van der Waals surface area contributed by atoms with Crippen LogP contribution in [-0.2, 0) is 9.59 Å². The van der Waals surface area contributed by atoms with Crippen molar-refractivity contribution in [2.45, 2.75) is 31.7 Å². The monoisotopic (exact) mass is 359 g/mol.